The van der Waals surface area contributed by atoms with Crippen LogP contribution in [0.3, 0.4) is 0 Å². The highest BCUT2D eigenvalue weighted by atomic mass is 35.5. The molecule has 0 saturated carbocycles. The second-order valence-electron chi connectivity index (χ2n) is 6.85. The van der Waals surface area contributed by atoms with Gasteiger partial charge in [-0.25, -0.2) is 9.45 Å². The number of carbonyl (C=O) groups is 1. The zero-order valence-electron chi connectivity index (χ0n) is 16.1. The van der Waals surface area contributed by atoms with Crippen LogP contribution in [0.5, 0.6) is 0 Å². The van der Waals surface area contributed by atoms with Crippen LogP contribution in [-0.2, 0) is 19.2 Å². The number of aliphatic hydroxyl groups excluding tert-OH is 1. The van der Waals surface area contributed by atoms with Gasteiger partial charge in [-0.05, 0) is 31.4 Å². The van der Waals surface area contributed by atoms with Crippen molar-refractivity contribution < 1.29 is 28.7 Å². The molecule has 2 aliphatic heterocycles. The van der Waals surface area contributed by atoms with E-state index >= 15 is 0 Å². The minimum Gasteiger partial charge on any atom is -0.509 e. The Kier molecular flexibility index (Phi) is 6.26. The van der Waals surface area contributed by atoms with Gasteiger partial charge in [-0.1, -0.05) is 17.7 Å². The predicted octanol–water partition coefficient (Wildman–Crippen LogP) is 2.87. The van der Waals surface area contributed by atoms with E-state index in [0.717, 1.165) is 5.06 Å². The molecule has 2 aliphatic rings. The lowest BCUT2D eigenvalue weighted by atomic mass is 9.86. The summed E-state index contributed by atoms with van der Waals surface area (Å²) in [5.41, 5.74) is -0.757. The average molecular weight is 415 g/mol. The molecular formula is C19H24ClFN2O5. The van der Waals surface area contributed by atoms with Crippen LogP contribution in [0, 0.1) is 12.7 Å². The zero-order valence-corrected chi connectivity index (χ0v) is 16.9. The number of nitrogens with zero attached hydrogens (tertiary/aromatic N) is 2. The summed E-state index contributed by atoms with van der Waals surface area (Å²) in [7, 11) is 3.08. The molecule has 0 unspecified atom stereocenters. The van der Waals surface area contributed by atoms with E-state index in [2.05, 4.69) is 0 Å². The minimum atomic E-state index is -1.10. The monoisotopic (exact) mass is 414 g/mol. The van der Waals surface area contributed by atoms with Gasteiger partial charge in [0.15, 0.2) is 0 Å². The molecule has 1 fully saturated rings. The molecule has 28 heavy (non-hydrogen) atoms. The zero-order chi connectivity index (χ0) is 20.5. The first-order valence-corrected chi connectivity index (χ1v) is 9.39. The lowest BCUT2D eigenvalue weighted by Gasteiger charge is -2.42. The van der Waals surface area contributed by atoms with Gasteiger partial charge >= 0.3 is 0 Å². The van der Waals surface area contributed by atoms with E-state index in [4.69, 9.17) is 26.0 Å². The standard InChI is InChI=1S/C19H24ClFN2O5/c1-12-4-5-13(21)14(16(12)20)15-17(24)19(6-8-22(27-3)9-7-19)23(18(15)25)28-11-10-26-2/h4-5,24H,6-11H2,1-3H3. The van der Waals surface area contributed by atoms with Crippen LogP contribution in [0.1, 0.15) is 24.0 Å². The second-order valence-corrected chi connectivity index (χ2v) is 7.22. The van der Waals surface area contributed by atoms with Gasteiger partial charge in [-0.15, -0.1) is 0 Å². The highest BCUT2D eigenvalue weighted by molar-refractivity contribution is 6.36. The minimum absolute atomic E-state index is 0.0955. The fraction of sp³-hybridized carbons (Fsp3) is 0.526. The molecule has 0 radical (unpaired) electrons. The number of hydroxylamine groups is 4. The molecule has 1 spiro atoms. The van der Waals surface area contributed by atoms with Crippen LogP contribution in [0.15, 0.2) is 17.9 Å². The summed E-state index contributed by atoms with van der Waals surface area (Å²) in [5, 5.41) is 14.1. The van der Waals surface area contributed by atoms with Crippen molar-refractivity contribution in [3.63, 3.8) is 0 Å². The van der Waals surface area contributed by atoms with Gasteiger partial charge in [0, 0.05) is 25.8 Å². The van der Waals surface area contributed by atoms with Crippen LogP contribution in [0.2, 0.25) is 5.02 Å². The highest BCUT2D eigenvalue weighted by Gasteiger charge is 2.55. The molecule has 1 amide bonds. The van der Waals surface area contributed by atoms with Crippen LogP contribution < -0.4 is 0 Å². The van der Waals surface area contributed by atoms with E-state index in [1.165, 1.54) is 19.2 Å². The summed E-state index contributed by atoms with van der Waals surface area (Å²) < 4.78 is 19.6. The summed E-state index contributed by atoms with van der Waals surface area (Å²) >= 11 is 6.31. The Balaban J connectivity index is 2.07. The molecular weight excluding hydrogens is 391 g/mol. The third-order valence-electron chi connectivity index (χ3n) is 5.31. The van der Waals surface area contributed by atoms with E-state index in [1.807, 2.05) is 0 Å². The first kappa shape index (κ1) is 21.0. The van der Waals surface area contributed by atoms with Crippen LogP contribution in [0.4, 0.5) is 4.39 Å². The number of aryl methyl sites for hydroxylation is 1. The topological polar surface area (TPSA) is 71.5 Å². The Hall–Kier alpha value is -1.71. The average Bonchev–Trinajstić information content (AvgIpc) is 2.88. The Bertz CT molecular complexity index is 793. The number of carbonyl (C=O) groups excluding carboxylic acids is 1. The van der Waals surface area contributed by atoms with Gasteiger partial charge < -0.3 is 14.7 Å². The molecule has 2 heterocycles. The Morgan fingerprint density at radius 1 is 1.25 bits per heavy atom. The van der Waals surface area contributed by atoms with Crippen molar-refractivity contribution >= 4 is 23.1 Å². The lowest BCUT2D eigenvalue weighted by molar-refractivity contribution is -0.235. The highest BCUT2D eigenvalue weighted by Crippen LogP contribution is 2.47. The number of amides is 1. The summed E-state index contributed by atoms with van der Waals surface area (Å²) in [6, 6.07) is 2.76. The molecule has 0 atom stereocenters. The van der Waals surface area contributed by atoms with Crippen molar-refractivity contribution in [1.82, 2.24) is 10.1 Å². The molecule has 1 N–H and O–H groups in total. The number of rotatable bonds is 6. The molecule has 1 aromatic carbocycles. The summed E-state index contributed by atoms with van der Waals surface area (Å²) in [6.45, 7) is 3.02. The van der Waals surface area contributed by atoms with Crippen LogP contribution in [0.25, 0.3) is 5.57 Å². The van der Waals surface area contributed by atoms with E-state index in [-0.39, 0.29) is 35.1 Å². The van der Waals surface area contributed by atoms with Gasteiger partial charge in [0.25, 0.3) is 5.91 Å². The Morgan fingerprint density at radius 2 is 1.93 bits per heavy atom. The van der Waals surface area contributed by atoms with Crippen molar-refractivity contribution in [1.29, 1.82) is 0 Å². The van der Waals surface area contributed by atoms with E-state index in [9.17, 15) is 14.3 Å². The molecule has 154 valence electrons. The third-order valence-corrected chi connectivity index (χ3v) is 5.80. The summed E-state index contributed by atoms with van der Waals surface area (Å²) in [5.74, 6) is -1.52. The molecule has 9 heteroatoms. The van der Waals surface area contributed by atoms with E-state index in [1.54, 1.807) is 19.1 Å². The number of hydrogen-bond acceptors (Lipinski definition) is 6. The Labute approximate surface area is 168 Å². The van der Waals surface area contributed by atoms with Crippen LogP contribution >= 0.6 is 11.6 Å². The Morgan fingerprint density at radius 3 is 2.54 bits per heavy atom. The fourth-order valence-electron chi connectivity index (χ4n) is 3.71. The van der Waals surface area contributed by atoms with Crippen LogP contribution in [-0.4, -0.2) is 67.2 Å². The van der Waals surface area contributed by atoms with Gasteiger partial charge in [0.05, 0.1) is 30.9 Å². The van der Waals surface area contributed by atoms with E-state index < -0.39 is 17.3 Å². The molecule has 0 aliphatic carbocycles. The number of halogens is 2. The number of benzene rings is 1. The van der Waals surface area contributed by atoms with Crippen molar-refractivity contribution in [2.75, 3.05) is 40.5 Å². The maximum atomic E-state index is 14.6. The predicted molar refractivity (Wildman–Crippen MR) is 101 cm³/mol. The van der Waals surface area contributed by atoms with Crippen molar-refractivity contribution in [2.45, 2.75) is 25.3 Å². The molecule has 7 nitrogen and oxygen atoms in total. The number of ether oxygens (including phenoxy) is 1. The quantitative estimate of drug-likeness (QED) is 0.722. The SMILES string of the molecule is COCCON1C(=O)C(c2c(F)ccc(C)c2Cl)=C(O)C12CCN(OC)CC2. The lowest BCUT2D eigenvalue weighted by Crippen LogP contribution is -2.55. The summed E-state index contributed by atoms with van der Waals surface area (Å²) in [6.07, 6.45) is 0.722. The molecule has 0 bridgehead atoms. The van der Waals surface area contributed by atoms with Crippen molar-refractivity contribution in [3.8, 4) is 0 Å². The van der Waals surface area contributed by atoms with Crippen molar-refractivity contribution in [2.24, 2.45) is 0 Å². The van der Waals surface area contributed by atoms with Gasteiger partial charge in [0.1, 0.15) is 17.1 Å². The number of aliphatic hydroxyl groups is 1. The fourth-order valence-corrected chi connectivity index (χ4v) is 3.96. The van der Waals surface area contributed by atoms with Gasteiger partial charge in [0.2, 0.25) is 0 Å². The van der Waals surface area contributed by atoms with E-state index in [0.29, 0.717) is 31.5 Å². The maximum Gasteiger partial charge on any atom is 0.282 e. The summed E-state index contributed by atoms with van der Waals surface area (Å²) in [4.78, 5) is 24.2. The molecule has 1 saturated heterocycles. The molecule has 1 aromatic rings. The molecule has 3 rings (SSSR count). The van der Waals surface area contributed by atoms with Gasteiger partial charge in [-0.2, -0.15) is 5.06 Å². The molecule has 0 aromatic heterocycles. The number of hydrogen-bond donors (Lipinski definition) is 1. The number of methoxy groups -OCH3 is 1. The smallest absolute Gasteiger partial charge is 0.282 e. The number of piperidine rings is 1. The second kappa shape index (κ2) is 8.34. The van der Waals surface area contributed by atoms with Gasteiger partial charge in [-0.3, -0.25) is 9.63 Å². The first-order valence-electron chi connectivity index (χ1n) is 9.01. The third kappa shape index (κ3) is 3.40. The first-order chi connectivity index (χ1) is 13.4. The normalized spacial score (nSPS) is 19.9. The largest absolute Gasteiger partial charge is 0.509 e. The maximum absolute atomic E-state index is 14.6. The van der Waals surface area contributed by atoms with Crippen molar-refractivity contribution in [3.05, 3.63) is 39.9 Å².